The van der Waals surface area contributed by atoms with Gasteiger partial charge in [-0.25, -0.2) is 0 Å². The minimum atomic E-state index is -0.262. The van der Waals surface area contributed by atoms with Crippen molar-refractivity contribution in [3.63, 3.8) is 0 Å². The summed E-state index contributed by atoms with van der Waals surface area (Å²) in [4.78, 5) is 0. The summed E-state index contributed by atoms with van der Waals surface area (Å²) in [7, 11) is 0. The Morgan fingerprint density at radius 1 is 0.688 bits per heavy atom. The number of hydrogen-bond acceptors (Lipinski definition) is 3. The summed E-state index contributed by atoms with van der Waals surface area (Å²) < 4.78 is 6.64. The maximum atomic E-state index is 6.64. The third-order valence-corrected chi connectivity index (χ3v) is 6.71. The van der Waals surface area contributed by atoms with Crippen molar-refractivity contribution < 1.29 is 4.74 Å². The second kappa shape index (κ2) is 7.03. The zero-order valence-electron chi connectivity index (χ0n) is 20.7. The van der Waals surface area contributed by atoms with Crippen LogP contribution in [0.3, 0.4) is 0 Å². The predicted octanol–water partition coefficient (Wildman–Crippen LogP) is 7.54. The van der Waals surface area contributed by atoms with Gasteiger partial charge in [-0.3, -0.25) is 0 Å². The summed E-state index contributed by atoms with van der Waals surface area (Å²) in [5.41, 5.74) is 20.7. The van der Waals surface area contributed by atoms with E-state index in [0.717, 1.165) is 33.9 Å². The van der Waals surface area contributed by atoms with Crippen LogP contribution in [0.15, 0.2) is 48.5 Å². The van der Waals surface area contributed by atoms with Crippen LogP contribution in [-0.4, -0.2) is 0 Å². The molecule has 0 unspecified atom stereocenters. The highest BCUT2D eigenvalue weighted by molar-refractivity contribution is 5.79. The molecule has 1 aliphatic rings. The fraction of sp³-hybridized carbons (Fsp3) is 0.379. The first-order chi connectivity index (χ1) is 14.7. The highest BCUT2D eigenvalue weighted by Gasteiger charge is 2.39. The molecule has 0 aromatic heterocycles. The van der Waals surface area contributed by atoms with E-state index in [-0.39, 0.29) is 16.2 Å². The van der Waals surface area contributed by atoms with E-state index in [4.69, 9.17) is 16.2 Å². The number of benzene rings is 3. The van der Waals surface area contributed by atoms with Crippen LogP contribution in [0.2, 0.25) is 0 Å². The lowest BCUT2D eigenvalue weighted by Gasteiger charge is -2.38. The topological polar surface area (TPSA) is 61.3 Å². The van der Waals surface area contributed by atoms with Gasteiger partial charge >= 0.3 is 0 Å². The van der Waals surface area contributed by atoms with Gasteiger partial charge in [-0.1, -0.05) is 79.7 Å². The molecule has 0 atom stereocenters. The van der Waals surface area contributed by atoms with Crippen LogP contribution in [-0.2, 0) is 16.2 Å². The summed E-state index contributed by atoms with van der Waals surface area (Å²) in [5.74, 6) is 1.66. The quantitative estimate of drug-likeness (QED) is 0.393. The monoisotopic (exact) mass is 428 g/mol. The molecule has 0 bridgehead atoms. The van der Waals surface area contributed by atoms with Crippen molar-refractivity contribution in [1.29, 1.82) is 0 Å². The van der Waals surface area contributed by atoms with Crippen LogP contribution in [0.25, 0.3) is 11.1 Å². The van der Waals surface area contributed by atoms with E-state index in [1.54, 1.807) is 0 Å². The van der Waals surface area contributed by atoms with Gasteiger partial charge in [0.05, 0.1) is 5.69 Å². The lowest BCUT2D eigenvalue weighted by molar-refractivity contribution is 0.418. The van der Waals surface area contributed by atoms with Crippen molar-refractivity contribution in [3.8, 4) is 22.6 Å². The highest BCUT2D eigenvalue weighted by Crippen LogP contribution is 2.55. The van der Waals surface area contributed by atoms with Gasteiger partial charge in [0.2, 0.25) is 0 Å². The van der Waals surface area contributed by atoms with Gasteiger partial charge in [-0.05, 0) is 51.8 Å². The van der Waals surface area contributed by atoms with E-state index >= 15 is 0 Å². The molecule has 1 heterocycles. The lowest BCUT2D eigenvalue weighted by Crippen LogP contribution is -2.27. The number of anilines is 2. The summed E-state index contributed by atoms with van der Waals surface area (Å²) in [5, 5.41) is 0. The first-order valence-corrected chi connectivity index (χ1v) is 11.4. The van der Waals surface area contributed by atoms with E-state index in [0.29, 0.717) is 5.69 Å². The molecule has 0 spiro atoms. The van der Waals surface area contributed by atoms with E-state index in [1.807, 2.05) is 12.1 Å². The third kappa shape index (κ3) is 3.64. The van der Waals surface area contributed by atoms with Crippen molar-refractivity contribution in [2.45, 2.75) is 71.6 Å². The molecule has 0 aliphatic carbocycles. The van der Waals surface area contributed by atoms with Crippen molar-refractivity contribution in [2.75, 3.05) is 11.5 Å². The van der Waals surface area contributed by atoms with Gasteiger partial charge < -0.3 is 16.2 Å². The summed E-state index contributed by atoms with van der Waals surface area (Å²) in [6.07, 6.45) is 0. The standard InChI is InChI=1S/C29H36N2O/c1-27(2,3)18-13-21(17-9-11-20(30)12-10-17)25-22(14-18)29(7,8)23-15-19(28(4,5)6)16-24(31)26(23)32-25/h9-16H,30-31H2,1-8H3. The minimum Gasteiger partial charge on any atom is -0.454 e. The minimum absolute atomic E-state index is 0.000229. The van der Waals surface area contributed by atoms with E-state index < -0.39 is 0 Å². The van der Waals surface area contributed by atoms with Crippen LogP contribution in [0, 0.1) is 0 Å². The Hall–Kier alpha value is -2.94. The van der Waals surface area contributed by atoms with Gasteiger partial charge in [0.1, 0.15) is 5.75 Å². The molecule has 3 aromatic rings. The molecule has 0 amide bonds. The molecule has 32 heavy (non-hydrogen) atoms. The molecule has 168 valence electrons. The molecule has 0 fully saturated rings. The summed E-state index contributed by atoms with van der Waals surface area (Å²) in [6, 6.07) is 16.9. The molecular formula is C29H36N2O. The lowest BCUT2D eigenvalue weighted by atomic mass is 9.71. The Morgan fingerprint density at radius 2 is 1.19 bits per heavy atom. The Balaban J connectivity index is 2.03. The van der Waals surface area contributed by atoms with Crippen LogP contribution in [0.5, 0.6) is 11.5 Å². The molecule has 0 radical (unpaired) electrons. The number of hydrogen-bond donors (Lipinski definition) is 2. The van der Waals surface area contributed by atoms with E-state index in [1.165, 1.54) is 16.7 Å². The number of rotatable bonds is 1. The van der Waals surface area contributed by atoms with Gasteiger partial charge in [0, 0.05) is 27.8 Å². The number of fused-ring (bicyclic) bond motifs is 2. The van der Waals surface area contributed by atoms with E-state index in [2.05, 4.69) is 91.8 Å². The Labute approximate surface area is 192 Å². The van der Waals surface area contributed by atoms with Gasteiger partial charge in [-0.2, -0.15) is 0 Å². The van der Waals surface area contributed by atoms with Crippen LogP contribution in [0.4, 0.5) is 11.4 Å². The molecule has 3 heteroatoms. The van der Waals surface area contributed by atoms with Gasteiger partial charge in [0.25, 0.3) is 0 Å². The molecule has 4 N–H and O–H groups in total. The summed E-state index contributed by atoms with van der Waals surface area (Å²) in [6.45, 7) is 18.0. The fourth-order valence-corrected chi connectivity index (χ4v) is 4.42. The van der Waals surface area contributed by atoms with Gasteiger partial charge in [-0.15, -0.1) is 0 Å². The second-order valence-electron chi connectivity index (χ2n) is 11.7. The Kier molecular flexibility index (Phi) is 4.89. The van der Waals surface area contributed by atoms with Crippen molar-refractivity contribution in [1.82, 2.24) is 0 Å². The fourth-order valence-electron chi connectivity index (χ4n) is 4.42. The van der Waals surface area contributed by atoms with Crippen LogP contribution < -0.4 is 16.2 Å². The first kappa shape index (κ1) is 22.3. The number of nitrogens with two attached hydrogens (primary N) is 2. The molecule has 0 saturated carbocycles. The SMILES string of the molecule is CC(C)(C)c1cc(N)c2c(c1)C(C)(C)c1cc(C(C)(C)C)cc(-c3ccc(N)cc3)c1O2. The van der Waals surface area contributed by atoms with Crippen LogP contribution >= 0.6 is 0 Å². The first-order valence-electron chi connectivity index (χ1n) is 11.4. The largest absolute Gasteiger partial charge is 0.454 e. The average Bonchev–Trinajstić information content (AvgIpc) is 2.67. The smallest absolute Gasteiger partial charge is 0.154 e. The zero-order valence-corrected chi connectivity index (χ0v) is 20.7. The third-order valence-electron chi connectivity index (χ3n) is 6.71. The molecular weight excluding hydrogens is 392 g/mol. The molecule has 0 saturated heterocycles. The van der Waals surface area contributed by atoms with Crippen molar-refractivity contribution in [2.24, 2.45) is 0 Å². The predicted molar refractivity (Wildman–Crippen MR) is 137 cm³/mol. The normalized spacial score (nSPS) is 15.0. The average molecular weight is 429 g/mol. The van der Waals surface area contributed by atoms with Gasteiger partial charge in [0.15, 0.2) is 5.75 Å². The second-order valence-corrected chi connectivity index (χ2v) is 11.7. The molecule has 3 aromatic carbocycles. The van der Waals surface area contributed by atoms with Crippen molar-refractivity contribution in [3.05, 3.63) is 70.8 Å². The van der Waals surface area contributed by atoms with Crippen LogP contribution in [0.1, 0.15) is 77.6 Å². The maximum absolute atomic E-state index is 6.64. The number of ether oxygens (including phenoxy) is 1. The molecule has 3 nitrogen and oxygen atoms in total. The highest BCUT2D eigenvalue weighted by atomic mass is 16.5. The summed E-state index contributed by atoms with van der Waals surface area (Å²) >= 11 is 0. The zero-order chi connectivity index (χ0) is 23.6. The Morgan fingerprint density at radius 3 is 1.72 bits per heavy atom. The number of nitrogen functional groups attached to an aromatic ring is 2. The van der Waals surface area contributed by atoms with E-state index in [9.17, 15) is 0 Å². The van der Waals surface area contributed by atoms with Crippen molar-refractivity contribution >= 4 is 11.4 Å². The molecule has 1 aliphatic heterocycles. The molecule has 4 rings (SSSR count). The Bertz CT molecular complexity index is 1190. The maximum Gasteiger partial charge on any atom is 0.154 e.